The van der Waals surface area contributed by atoms with E-state index in [2.05, 4.69) is 10.3 Å². The summed E-state index contributed by atoms with van der Waals surface area (Å²) in [5.74, 6) is 0.122. The number of carbonyl (C=O) groups is 1. The molecule has 2 aromatic rings. The smallest absolute Gasteiger partial charge is 0.224 e. The lowest BCUT2D eigenvalue weighted by molar-refractivity contribution is -0.120. The Morgan fingerprint density at radius 3 is 2.91 bits per heavy atom. The third-order valence-electron chi connectivity index (χ3n) is 3.26. The molecule has 0 fully saturated rings. The molecule has 118 valence electrons. The molecule has 0 radical (unpaired) electrons. The van der Waals surface area contributed by atoms with Crippen LogP contribution in [0.2, 0.25) is 0 Å². The molecule has 0 bridgehead atoms. The highest BCUT2D eigenvalue weighted by Gasteiger charge is 2.13. The maximum atomic E-state index is 13.3. The number of aryl methyl sites for hydroxylation is 1. The third-order valence-corrected chi connectivity index (χ3v) is 4.45. The second-order valence-electron chi connectivity index (χ2n) is 5.17. The summed E-state index contributed by atoms with van der Waals surface area (Å²) in [6, 6.07) is 4.16. The van der Waals surface area contributed by atoms with Crippen LogP contribution in [0.15, 0.2) is 23.6 Å². The van der Waals surface area contributed by atoms with Crippen molar-refractivity contribution in [3.8, 4) is 5.75 Å². The second kappa shape index (κ2) is 7.35. The molecular weight excluding hydrogens is 303 g/mol. The van der Waals surface area contributed by atoms with Crippen molar-refractivity contribution in [2.24, 2.45) is 0 Å². The van der Waals surface area contributed by atoms with Crippen LogP contribution in [-0.4, -0.2) is 24.5 Å². The fourth-order valence-corrected chi connectivity index (χ4v) is 2.93. The number of halogens is 1. The van der Waals surface area contributed by atoms with Crippen LogP contribution < -0.4 is 10.1 Å². The molecule has 0 saturated carbocycles. The number of methoxy groups -OCH3 is 1. The molecule has 2 rings (SSSR count). The SMILES string of the molecule is COc1ccc(F)cc1CC(=O)NCC(C)c1nc(C)cs1. The van der Waals surface area contributed by atoms with Gasteiger partial charge in [-0.1, -0.05) is 6.92 Å². The average molecular weight is 322 g/mol. The van der Waals surface area contributed by atoms with Crippen LogP contribution in [0.5, 0.6) is 5.75 Å². The van der Waals surface area contributed by atoms with E-state index in [1.165, 1.54) is 25.3 Å². The minimum Gasteiger partial charge on any atom is -0.496 e. The monoisotopic (exact) mass is 322 g/mol. The summed E-state index contributed by atoms with van der Waals surface area (Å²) in [4.78, 5) is 16.4. The number of amides is 1. The molecule has 1 aromatic carbocycles. The first kappa shape index (κ1) is 16.4. The van der Waals surface area contributed by atoms with Crippen molar-refractivity contribution in [2.75, 3.05) is 13.7 Å². The summed E-state index contributed by atoms with van der Waals surface area (Å²) in [6.45, 7) is 4.46. The summed E-state index contributed by atoms with van der Waals surface area (Å²) < 4.78 is 18.4. The van der Waals surface area contributed by atoms with Gasteiger partial charge in [0, 0.05) is 29.1 Å². The van der Waals surface area contributed by atoms with Gasteiger partial charge < -0.3 is 10.1 Å². The quantitative estimate of drug-likeness (QED) is 0.889. The van der Waals surface area contributed by atoms with Crippen LogP contribution in [0.1, 0.15) is 29.1 Å². The molecule has 1 N–H and O–H groups in total. The van der Waals surface area contributed by atoms with E-state index >= 15 is 0 Å². The fraction of sp³-hybridized carbons (Fsp3) is 0.375. The first-order valence-electron chi connectivity index (χ1n) is 7.00. The lowest BCUT2D eigenvalue weighted by Crippen LogP contribution is -2.29. The Bertz CT molecular complexity index is 657. The zero-order valence-corrected chi connectivity index (χ0v) is 13.7. The molecule has 1 aromatic heterocycles. The molecule has 0 aliphatic rings. The maximum absolute atomic E-state index is 13.3. The minimum absolute atomic E-state index is 0.0878. The van der Waals surface area contributed by atoms with Crippen molar-refractivity contribution < 1.29 is 13.9 Å². The highest BCUT2D eigenvalue weighted by molar-refractivity contribution is 7.09. The molecule has 0 saturated heterocycles. The van der Waals surface area contributed by atoms with Crippen LogP contribution >= 0.6 is 11.3 Å². The normalized spacial score (nSPS) is 12.0. The van der Waals surface area contributed by atoms with Gasteiger partial charge in [0.25, 0.3) is 0 Å². The predicted octanol–water partition coefficient (Wildman–Crippen LogP) is 3.06. The lowest BCUT2D eigenvalue weighted by atomic mass is 10.1. The second-order valence-corrected chi connectivity index (χ2v) is 6.05. The Balaban J connectivity index is 1.92. The van der Waals surface area contributed by atoms with Crippen molar-refractivity contribution in [1.29, 1.82) is 0 Å². The van der Waals surface area contributed by atoms with E-state index in [-0.39, 0.29) is 24.1 Å². The Hall–Kier alpha value is -1.95. The van der Waals surface area contributed by atoms with Gasteiger partial charge in [0.15, 0.2) is 0 Å². The highest BCUT2D eigenvalue weighted by Crippen LogP contribution is 2.21. The minimum atomic E-state index is -0.379. The molecule has 1 atom stereocenters. The molecule has 1 heterocycles. The van der Waals surface area contributed by atoms with Crippen molar-refractivity contribution >= 4 is 17.2 Å². The van der Waals surface area contributed by atoms with E-state index in [0.717, 1.165) is 10.7 Å². The van der Waals surface area contributed by atoms with Gasteiger partial charge in [-0.2, -0.15) is 0 Å². The zero-order chi connectivity index (χ0) is 16.1. The largest absolute Gasteiger partial charge is 0.496 e. The number of hydrogen-bond donors (Lipinski definition) is 1. The summed E-state index contributed by atoms with van der Waals surface area (Å²) in [5.41, 5.74) is 1.53. The number of thiazole rings is 1. The first-order valence-corrected chi connectivity index (χ1v) is 7.88. The van der Waals surface area contributed by atoms with Gasteiger partial charge >= 0.3 is 0 Å². The van der Waals surface area contributed by atoms with Crippen LogP contribution in [-0.2, 0) is 11.2 Å². The molecule has 4 nitrogen and oxygen atoms in total. The van der Waals surface area contributed by atoms with Gasteiger partial charge in [-0.3, -0.25) is 4.79 Å². The van der Waals surface area contributed by atoms with Crippen molar-refractivity contribution in [3.63, 3.8) is 0 Å². The molecule has 6 heteroatoms. The number of rotatable bonds is 6. The van der Waals surface area contributed by atoms with Crippen LogP contribution in [0.4, 0.5) is 4.39 Å². The van der Waals surface area contributed by atoms with Gasteiger partial charge in [0.1, 0.15) is 11.6 Å². The van der Waals surface area contributed by atoms with E-state index in [4.69, 9.17) is 4.74 Å². The number of nitrogens with one attached hydrogen (secondary N) is 1. The number of aromatic nitrogens is 1. The molecule has 0 spiro atoms. The molecule has 1 amide bonds. The summed E-state index contributed by atoms with van der Waals surface area (Å²) in [6.07, 6.45) is 0.0878. The Morgan fingerprint density at radius 1 is 1.50 bits per heavy atom. The summed E-state index contributed by atoms with van der Waals surface area (Å²) in [7, 11) is 1.50. The predicted molar refractivity (Wildman–Crippen MR) is 84.9 cm³/mol. The Morgan fingerprint density at radius 2 is 2.27 bits per heavy atom. The van der Waals surface area contributed by atoms with E-state index in [1.54, 1.807) is 11.3 Å². The average Bonchev–Trinajstić information content (AvgIpc) is 2.92. The van der Waals surface area contributed by atoms with Crippen molar-refractivity contribution in [3.05, 3.63) is 45.7 Å². The van der Waals surface area contributed by atoms with E-state index in [1.807, 2.05) is 19.2 Å². The zero-order valence-electron chi connectivity index (χ0n) is 12.9. The number of benzene rings is 1. The topological polar surface area (TPSA) is 51.2 Å². The summed E-state index contributed by atoms with van der Waals surface area (Å²) in [5, 5.41) is 5.85. The maximum Gasteiger partial charge on any atom is 0.224 e. The van der Waals surface area contributed by atoms with Crippen LogP contribution in [0, 0.1) is 12.7 Å². The Kier molecular flexibility index (Phi) is 5.49. The summed E-state index contributed by atoms with van der Waals surface area (Å²) >= 11 is 1.59. The van der Waals surface area contributed by atoms with Crippen molar-refractivity contribution in [2.45, 2.75) is 26.2 Å². The molecule has 0 aliphatic heterocycles. The Labute approximate surface area is 133 Å². The van der Waals surface area contributed by atoms with E-state index < -0.39 is 0 Å². The van der Waals surface area contributed by atoms with Crippen molar-refractivity contribution in [1.82, 2.24) is 10.3 Å². The number of hydrogen-bond acceptors (Lipinski definition) is 4. The lowest BCUT2D eigenvalue weighted by Gasteiger charge is -2.12. The van der Waals surface area contributed by atoms with Gasteiger partial charge in [-0.15, -0.1) is 11.3 Å². The van der Waals surface area contributed by atoms with Crippen LogP contribution in [0.3, 0.4) is 0 Å². The molecule has 0 aliphatic carbocycles. The molecule has 22 heavy (non-hydrogen) atoms. The first-order chi connectivity index (χ1) is 10.5. The van der Waals surface area contributed by atoms with Gasteiger partial charge in [0.2, 0.25) is 5.91 Å². The molecular formula is C16H19FN2O2S. The van der Waals surface area contributed by atoms with Gasteiger partial charge in [-0.05, 0) is 25.1 Å². The fourth-order valence-electron chi connectivity index (χ4n) is 2.07. The highest BCUT2D eigenvalue weighted by atomic mass is 32.1. The number of carbonyl (C=O) groups excluding carboxylic acids is 1. The number of ether oxygens (including phenoxy) is 1. The van der Waals surface area contributed by atoms with Gasteiger partial charge in [-0.25, -0.2) is 9.37 Å². The van der Waals surface area contributed by atoms with Gasteiger partial charge in [0.05, 0.1) is 18.5 Å². The number of nitrogens with zero attached hydrogens (tertiary/aromatic N) is 1. The third kappa shape index (κ3) is 4.27. The van der Waals surface area contributed by atoms with Crippen LogP contribution in [0.25, 0.3) is 0 Å². The molecule has 1 unspecified atom stereocenters. The standard InChI is InChI=1S/C16H19FN2O2S/c1-10(16-19-11(2)9-22-16)8-18-15(20)7-12-6-13(17)4-5-14(12)21-3/h4-6,9-10H,7-8H2,1-3H3,(H,18,20). The van der Waals surface area contributed by atoms with E-state index in [9.17, 15) is 9.18 Å². The van der Waals surface area contributed by atoms with E-state index in [0.29, 0.717) is 17.9 Å².